The summed E-state index contributed by atoms with van der Waals surface area (Å²) >= 11 is 0. The standard InChI is InChI=1S/C3H5NO.Na.H/c1-2-5-3-4-1;;/h3H,1-2H2;;. The molecule has 2 nitrogen and oxygen atoms in total. The van der Waals surface area contributed by atoms with Crippen LogP contribution in [0.2, 0.25) is 0 Å². The summed E-state index contributed by atoms with van der Waals surface area (Å²) in [6.45, 7) is 1.62. The van der Waals surface area contributed by atoms with Crippen molar-refractivity contribution in [1.82, 2.24) is 0 Å². The summed E-state index contributed by atoms with van der Waals surface area (Å²) < 4.78 is 4.65. The zero-order chi connectivity index (χ0) is 3.54. The third-order valence-electron chi connectivity index (χ3n) is 0.487. The van der Waals surface area contributed by atoms with Gasteiger partial charge >= 0.3 is 29.6 Å². The van der Waals surface area contributed by atoms with Crippen LogP contribution in [-0.4, -0.2) is 49.1 Å². The fourth-order valence-corrected chi connectivity index (χ4v) is 0.264. The Bertz CT molecular complexity index is 48.8. The molecule has 30 valence electrons. The Morgan fingerprint density at radius 3 is 2.67 bits per heavy atom. The maximum absolute atomic E-state index is 4.65. The zero-order valence-corrected chi connectivity index (χ0v) is 2.85. The summed E-state index contributed by atoms with van der Waals surface area (Å²) in [6, 6.07) is 0. The summed E-state index contributed by atoms with van der Waals surface area (Å²) in [4.78, 5) is 3.74. The molecule has 0 atom stereocenters. The Morgan fingerprint density at radius 2 is 2.50 bits per heavy atom. The van der Waals surface area contributed by atoms with Crippen LogP contribution in [0.4, 0.5) is 0 Å². The topological polar surface area (TPSA) is 21.6 Å². The number of aliphatic imine (C=N–C) groups is 1. The third-order valence-corrected chi connectivity index (χ3v) is 0.487. The van der Waals surface area contributed by atoms with E-state index in [1.807, 2.05) is 0 Å². The Morgan fingerprint density at radius 1 is 1.67 bits per heavy atom. The summed E-state index contributed by atoms with van der Waals surface area (Å²) in [6.07, 6.45) is 1.49. The van der Waals surface area contributed by atoms with E-state index in [1.165, 1.54) is 6.40 Å². The second kappa shape index (κ2) is 3.65. The number of rotatable bonds is 0. The molecule has 0 aromatic rings. The number of ether oxygens (including phenoxy) is 1. The molecule has 3 heteroatoms. The number of hydrogen-bond donors (Lipinski definition) is 0. The molecule has 1 aliphatic heterocycles. The van der Waals surface area contributed by atoms with E-state index in [0.717, 1.165) is 13.2 Å². The van der Waals surface area contributed by atoms with Crippen molar-refractivity contribution in [2.45, 2.75) is 0 Å². The van der Waals surface area contributed by atoms with Gasteiger partial charge in [-0.25, -0.2) is 0 Å². The van der Waals surface area contributed by atoms with Crippen LogP contribution in [0, 0.1) is 0 Å². The van der Waals surface area contributed by atoms with Crippen LogP contribution in [0.3, 0.4) is 0 Å². The van der Waals surface area contributed by atoms with Crippen LogP contribution in [0.25, 0.3) is 0 Å². The molecule has 0 fully saturated rings. The fraction of sp³-hybridized carbons (Fsp3) is 0.667. The normalized spacial score (nSPS) is 16.0. The van der Waals surface area contributed by atoms with Crippen LogP contribution in [0.15, 0.2) is 4.99 Å². The first kappa shape index (κ1) is 6.47. The molecular formula is C3H6NNaO. The first-order chi connectivity index (χ1) is 2.50. The van der Waals surface area contributed by atoms with E-state index < -0.39 is 0 Å². The van der Waals surface area contributed by atoms with Gasteiger partial charge in [-0.15, -0.1) is 0 Å². The van der Waals surface area contributed by atoms with Crippen LogP contribution >= 0.6 is 0 Å². The van der Waals surface area contributed by atoms with Gasteiger partial charge in [-0.05, 0) is 0 Å². The molecule has 0 saturated heterocycles. The molecule has 1 aliphatic rings. The monoisotopic (exact) mass is 95.0 g/mol. The predicted octanol–water partition coefficient (Wildman–Crippen LogP) is -0.604. The van der Waals surface area contributed by atoms with Crippen molar-refractivity contribution in [3.8, 4) is 0 Å². The van der Waals surface area contributed by atoms with Crippen LogP contribution in [0.1, 0.15) is 0 Å². The zero-order valence-electron chi connectivity index (χ0n) is 2.85. The van der Waals surface area contributed by atoms with Gasteiger partial charge in [-0.3, -0.25) is 4.99 Å². The van der Waals surface area contributed by atoms with E-state index in [2.05, 4.69) is 9.73 Å². The summed E-state index contributed by atoms with van der Waals surface area (Å²) in [5, 5.41) is 0. The van der Waals surface area contributed by atoms with Crippen molar-refractivity contribution in [3.63, 3.8) is 0 Å². The Kier molecular flexibility index (Phi) is 3.94. The molecule has 0 aromatic heterocycles. The van der Waals surface area contributed by atoms with Gasteiger partial charge in [0.2, 0.25) is 0 Å². The van der Waals surface area contributed by atoms with E-state index >= 15 is 0 Å². The van der Waals surface area contributed by atoms with E-state index in [1.54, 1.807) is 0 Å². The van der Waals surface area contributed by atoms with Crippen molar-refractivity contribution in [1.29, 1.82) is 0 Å². The molecule has 0 amide bonds. The molecule has 1 rings (SSSR count). The van der Waals surface area contributed by atoms with Crippen LogP contribution in [0.5, 0.6) is 0 Å². The van der Waals surface area contributed by atoms with Crippen molar-refractivity contribution < 1.29 is 4.74 Å². The minimum atomic E-state index is 0. The number of hydrogen-bond acceptors (Lipinski definition) is 2. The quantitative estimate of drug-likeness (QED) is 0.368. The van der Waals surface area contributed by atoms with Gasteiger partial charge in [-0.1, -0.05) is 0 Å². The fourth-order valence-electron chi connectivity index (χ4n) is 0.264. The van der Waals surface area contributed by atoms with Crippen molar-refractivity contribution >= 4 is 36.0 Å². The van der Waals surface area contributed by atoms with Gasteiger partial charge in [0, 0.05) is 0 Å². The van der Waals surface area contributed by atoms with Crippen molar-refractivity contribution in [2.24, 2.45) is 4.99 Å². The van der Waals surface area contributed by atoms with Gasteiger partial charge in [0.1, 0.15) is 6.61 Å². The summed E-state index contributed by atoms with van der Waals surface area (Å²) in [5.74, 6) is 0. The molecule has 0 aliphatic carbocycles. The summed E-state index contributed by atoms with van der Waals surface area (Å²) in [7, 11) is 0. The second-order valence-corrected chi connectivity index (χ2v) is 0.882. The molecule has 0 radical (unpaired) electrons. The van der Waals surface area contributed by atoms with E-state index in [9.17, 15) is 0 Å². The average Bonchev–Trinajstić information content (AvgIpc) is 1.76. The first-order valence-corrected chi connectivity index (χ1v) is 1.60. The number of nitrogens with zero attached hydrogens (tertiary/aromatic N) is 1. The minimum absolute atomic E-state index is 0. The van der Waals surface area contributed by atoms with Gasteiger partial charge in [-0.2, -0.15) is 0 Å². The predicted molar refractivity (Wildman–Crippen MR) is 26.5 cm³/mol. The van der Waals surface area contributed by atoms with Crippen molar-refractivity contribution in [3.05, 3.63) is 0 Å². The summed E-state index contributed by atoms with van der Waals surface area (Å²) in [5.41, 5.74) is 0. The van der Waals surface area contributed by atoms with E-state index in [0.29, 0.717) is 0 Å². The van der Waals surface area contributed by atoms with Gasteiger partial charge in [0.25, 0.3) is 0 Å². The van der Waals surface area contributed by atoms with Gasteiger partial charge in [0.15, 0.2) is 6.40 Å². The van der Waals surface area contributed by atoms with Crippen molar-refractivity contribution in [2.75, 3.05) is 13.2 Å². The first-order valence-electron chi connectivity index (χ1n) is 1.60. The Balaban J connectivity index is 0.000000250. The average molecular weight is 95.1 g/mol. The Labute approximate surface area is 58.9 Å². The molecule has 0 aromatic carbocycles. The van der Waals surface area contributed by atoms with Crippen LogP contribution < -0.4 is 0 Å². The SMILES string of the molecule is C1=NCCO1.[NaH]. The van der Waals surface area contributed by atoms with Gasteiger partial charge in [0.05, 0.1) is 6.54 Å². The molecule has 0 bridgehead atoms. The molecule has 0 unspecified atom stereocenters. The molecule has 0 N–H and O–H groups in total. The molecule has 6 heavy (non-hydrogen) atoms. The van der Waals surface area contributed by atoms with E-state index in [4.69, 9.17) is 0 Å². The van der Waals surface area contributed by atoms with Crippen LogP contribution in [-0.2, 0) is 4.74 Å². The second-order valence-electron chi connectivity index (χ2n) is 0.882. The van der Waals surface area contributed by atoms with Gasteiger partial charge < -0.3 is 4.74 Å². The molecule has 1 heterocycles. The molecular weight excluding hydrogens is 89.0 g/mol. The molecule has 0 spiro atoms. The molecule has 0 saturated carbocycles. The van der Waals surface area contributed by atoms with E-state index in [-0.39, 0.29) is 29.6 Å². The maximum atomic E-state index is 4.65. The Hall–Kier alpha value is 0.470. The third kappa shape index (κ3) is 1.80.